The fourth-order valence-corrected chi connectivity index (χ4v) is 4.28. The molecular formula is C18H21NO3S. The second kappa shape index (κ2) is 5.64. The van der Waals surface area contributed by atoms with Crippen LogP contribution in [0.15, 0.2) is 39.4 Å². The Bertz CT molecular complexity index is 725. The minimum Gasteiger partial charge on any atom is -0.466 e. The summed E-state index contributed by atoms with van der Waals surface area (Å²) in [4.78, 5) is 25.2. The fraction of sp³-hybridized carbons (Fsp3) is 0.444. The number of methoxy groups -OCH3 is 1. The standard InChI is InChI=1S/C18H21NO3S/c1-10-14(17(21)22-4)15(11-5-6-23-9-11)16-12(19-10)7-18(2,3)8-13(16)20/h5-6,9,15,19H,7-8H2,1-4H3/t15-/m1/s1. The van der Waals surface area contributed by atoms with E-state index in [1.165, 1.54) is 7.11 Å². The Balaban J connectivity index is 2.17. The first-order valence-electron chi connectivity index (χ1n) is 7.68. The lowest BCUT2D eigenvalue weighted by Gasteiger charge is -2.39. The molecular weight excluding hydrogens is 310 g/mol. The summed E-state index contributed by atoms with van der Waals surface area (Å²) in [5, 5.41) is 7.28. The van der Waals surface area contributed by atoms with Gasteiger partial charge in [0, 0.05) is 29.3 Å². The van der Waals surface area contributed by atoms with Gasteiger partial charge in [-0.3, -0.25) is 4.79 Å². The van der Waals surface area contributed by atoms with E-state index in [-0.39, 0.29) is 23.1 Å². The molecule has 1 aliphatic carbocycles. The maximum Gasteiger partial charge on any atom is 0.336 e. The van der Waals surface area contributed by atoms with Crippen LogP contribution in [0.25, 0.3) is 0 Å². The molecule has 1 atom stereocenters. The Kier molecular flexibility index (Phi) is 3.92. The van der Waals surface area contributed by atoms with Gasteiger partial charge >= 0.3 is 5.97 Å². The molecule has 3 rings (SSSR count). The van der Waals surface area contributed by atoms with E-state index in [1.807, 2.05) is 23.8 Å². The van der Waals surface area contributed by atoms with Gasteiger partial charge in [-0.25, -0.2) is 4.79 Å². The predicted molar refractivity (Wildman–Crippen MR) is 90.0 cm³/mol. The van der Waals surface area contributed by atoms with Gasteiger partial charge in [0.2, 0.25) is 0 Å². The van der Waals surface area contributed by atoms with Crippen LogP contribution in [0.4, 0.5) is 0 Å². The van der Waals surface area contributed by atoms with E-state index in [9.17, 15) is 9.59 Å². The highest BCUT2D eigenvalue weighted by Crippen LogP contribution is 2.46. The van der Waals surface area contributed by atoms with Gasteiger partial charge in [0.1, 0.15) is 0 Å². The lowest BCUT2D eigenvalue weighted by Crippen LogP contribution is -2.38. The van der Waals surface area contributed by atoms with Crippen LogP contribution in [0.1, 0.15) is 45.1 Å². The fourth-order valence-electron chi connectivity index (χ4n) is 3.59. The number of hydrogen-bond donors (Lipinski definition) is 1. The molecule has 0 unspecified atom stereocenters. The maximum atomic E-state index is 12.8. The summed E-state index contributed by atoms with van der Waals surface area (Å²) in [6, 6.07) is 1.98. The lowest BCUT2D eigenvalue weighted by molar-refractivity contribution is -0.136. The molecule has 4 nitrogen and oxygen atoms in total. The number of carbonyl (C=O) groups is 2. The zero-order chi connectivity index (χ0) is 16.8. The van der Waals surface area contributed by atoms with Crippen molar-refractivity contribution in [3.8, 4) is 0 Å². The van der Waals surface area contributed by atoms with E-state index in [4.69, 9.17) is 4.74 Å². The van der Waals surface area contributed by atoms with Crippen molar-refractivity contribution in [3.05, 3.63) is 44.9 Å². The molecule has 122 valence electrons. The van der Waals surface area contributed by atoms with Gasteiger partial charge in [-0.1, -0.05) is 13.8 Å². The van der Waals surface area contributed by atoms with Gasteiger partial charge in [0.15, 0.2) is 5.78 Å². The number of carbonyl (C=O) groups excluding carboxylic acids is 2. The average molecular weight is 331 g/mol. The van der Waals surface area contributed by atoms with E-state index >= 15 is 0 Å². The smallest absolute Gasteiger partial charge is 0.336 e. The largest absolute Gasteiger partial charge is 0.466 e. The number of esters is 1. The molecule has 1 N–H and O–H groups in total. The molecule has 0 saturated heterocycles. The van der Waals surface area contributed by atoms with Crippen LogP contribution in [-0.2, 0) is 14.3 Å². The van der Waals surface area contributed by atoms with Gasteiger partial charge in [0.05, 0.1) is 12.7 Å². The number of ether oxygens (including phenoxy) is 1. The van der Waals surface area contributed by atoms with Gasteiger partial charge in [-0.05, 0) is 41.1 Å². The van der Waals surface area contributed by atoms with Crippen LogP contribution >= 0.6 is 11.3 Å². The Morgan fingerprint density at radius 3 is 2.74 bits per heavy atom. The molecule has 2 aliphatic rings. The highest BCUT2D eigenvalue weighted by Gasteiger charge is 2.43. The molecule has 0 bridgehead atoms. The van der Waals surface area contributed by atoms with Crippen LogP contribution < -0.4 is 5.32 Å². The number of hydrogen-bond acceptors (Lipinski definition) is 5. The third kappa shape index (κ3) is 2.74. The summed E-state index contributed by atoms with van der Waals surface area (Å²) in [5.74, 6) is -0.585. The molecule has 1 aromatic rings. The number of allylic oxidation sites excluding steroid dienone is 3. The van der Waals surface area contributed by atoms with E-state index < -0.39 is 0 Å². The third-order valence-electron chi connectivity index (χ3n) is 4.52. The van der Waals surface area contributed by atoms with Crippen molar-refractivity contribution < 1.29 is 14.3 Å². The molecule has 0 saturated carbocycles. The summed E-state index contributed by atoms with van der Waals surface area (Å²) in [6.45, 7) is 6.08. The average Bonchev–Trinajstić information content (AvgIpc) is 2.97. The van der Waals surface area contributed by atoms with Crippen LogP contribution in [-0.4, -0.2) is 18.9 Å². The molecule has 1 aliphatic heterocycles. The van der Waals surface area contributed by atoms with Crippen molar-refractivity contribution in [2.75, 3.05) is 7.11 Å². The number of rotatable bonds is 2. The minimum atomic E-state index is -0.379. The quantitative estimate of drug-likeness (QED) is 0.843. The predicted octanol–water partition coefficient (Wildman–Crippen LogP) is 3.53. The summed E-state index contributed by atoms with van der Waals surface area (Å²) in [6.07, 6.45) is 1.31. The Hall–Kier alpha value is -1.88. The zero-order valence-electron chi connectivity index (χ0n) is 13.9. The van der Waals surface area contributed by atoms with Crippen molar-refractivity contribution in [2.45, 2.75) is 39.5 Å². The lowest BCUT2D eigenvalue weighted by atomic mass is 9.69. The first kappa shape index (κ1) is 16.0. The van der Waals surface area contributed by atoms with Gasteiger partial charge in [0.25, 0.3) is 0 Å². The summed E-state index contributed by atoms with van der Waals surface area (Å²) >= 11 is 1.57. The number of Topliss-reactive ketones (excluding diaryl/α,β-unsaturated/α-hetero) is 1. The molecule has 23 heavy (non-hydrogen) atoms. The Morgan fingerprint density at radius 1 is 1.39 bits per heavy atom. The number of thiophene rings is 1. The van der Waals surface area contributed by atoms with Crippen molar-refractivity contribution in [1.29, 1.82) is 0 Å². The van der Waals surface area contributed by atoms with E-state index in [2.05, 4.69) is 19.2 Å². The van der Waals surface area contributed by atoms with E-state index in [1.54, 1.807) is 11.3 Å². The van der Waals surface area contributed by atoms with E-state index in [0.29, 0.717) is 12.0 Å². The molecule has 2 heterocycles. The SMILES string of the molecule is COC(=O)C1=C(C)NC2=C(C(=O)CC(C)(C)C2)[C@@H]1c1ccsc1. The number of ketones is 1. The Labute approximate surface area is 140 Å². The van der Waals surface area contributed by atoms with Crippen LogP contribution in [0.2, 0.25) is 0 Å². The van der Waals surface area contributed by atoms with E-state index in [0.717, 1.165) is 29.0 Å². The molecule has 0 aromatic carbocycles. The van der Waals surface area contributed by atoms with Crippen molar-refractivity contribution in [1.82, 2.24) is 5.32 Å². The van der Waals surface area contributed by atoms with Gasteiger partial charge in [-0.15, -0.1) is 0 Å². The normalized spacial score (nSPS) is 23.5. The molecule has 0 amide bonds. The monoisotopic (exact) mass is 331 g/mol. The Morgan fingerprint density at radius 2 is 2.13 bits per heavy atom. The third-order valence-corrected chi connectivity index (χ3v) is 5.22. The molecule has 0 spiro atoms. The topological polar surface area (TPSA) is 55.4 Å². The first-order valence-corrected chi connectivity index (χ1v) is 8.63. The molecule has 0 radical (unpaired) electrons. The second-order valence-electron chi connectivity index (χ2n) is 6.98. The van der Waals surface area contributed by atoms with Gasteiger partial charge < -0.3 is 10.1 Å². The van der Waals surface area contributed by atoms with Crippen molar-refractivity contribution in [3.63, 3.8) is 0 Å². The van der Waals surface area contributed by atoms with Crippen molar-refractivity contribution >= 4 is 23.1 Å². The van der Waals surface area contributed by atoms with Crippen LogP contribution in [0, 0.1) is 5.41 Å². The first-order chi connectivity index (χ1) is 10.8. The molecule has 5 heteroatoms. The second-order valence-corrected chi connectivity index (χ2v) is 7.76. The van der Waals surface area contributed by atoms with Crippen LogP contribution in [0.3, 0.4) is 0 Å². The number of dihydropyridines is 1. The molecule has 0 fully saturated rings. The molecule has 1 aromatic heterocycles. The summed E-state index contributed by atoms with van der Waals surface area (Å²) in [5.41, 5.74) is 3.92. The maximum absolute atomic E-state index is 12.8. The van der Waals surface area contributed by atoms with Crippen molar-refractivity contribution in [2.24, 2.45) is 5.41 Å². The van der Waals surface area contributed by atoms with Crippen LogP contribution in [0.5, 0.6) is 0 Å². The minimum absolute atomic E-state index is 0.0643. The zero-order valence-corrected chi connectivity index (χ0v) is 14.7. The highest BCUT2D eigenvalue weighted by atomic mass is 32.1. The highest BCUT2D eigenvalue weighted by molar-refractivity contribution is 7.08. The van der Waals surface area contributed by atoms with Gasteiger partial charge in [-0.2, -0.15) is 11.3 Å². The number of nitrogens with one attached hydrogen (secondary N) is 1. The summed E-state index contributed by atoms with van der Waals surface area (Å²) in [7, 11) is 1.38. The summed E-state index contributed by atoms with van der Waals surface area (Å²) < 4.78 is 4.98.